The second-order valence-corrected chi connectivity index (χ2v) is 6.98. The Kier molecular flexibility index (Phi) is 4.38. The lowest BCUT2D eigenvalue weighted by molar-refractivity contribution is -0.0395. The second-order valence-electron chi connectivity index (χ2n) is 6.12. The van der Waals surface area contributed by atoms with Crippen LogP contribution in [0.3, 0.4) is 0 Å². The Morgan fingerprint density at radius 1 is 1.15 bits per heavy atom. The zero-order chi connectivity index (χ0) is 18.3. The summed E-state index contributed by atoms with van der Waals surface area (Å²) in [5.74, 6) is 2.85. The number of methoxy groups -OCH3 is 2. The van der Waals surface area contributed by atoms with Gasteiger partial charge in [0.1, 0.15) is 18.1 Å². The molecule has 5 nitrogen and oxygen atoms in total. The van der Waals surface area contributed by atoms with Crippen LogP contribution in [0.25, 0.3) is 5.57 Å². The molecule has 0 fully saturated rings. The van der Waals surface area contributed by atoms with Gasteiger partial charge < -0.3 is 14.2 Å². The summed E-state index contributed by atoms with van der Waals surface area (Å²) < 4.78 is 17.7. The predicted octanol–water partition coefficient (Wildman–Crippen LogP) is 4.40. The van der Waals surface area contributed by atoms with E-state index in [1.165, 1.54) is 0 Å². The van der Waals surface area contributed by atoms with Gasteiger partial charge in [0.05, 0.1) is 18.7 Å². The molecule has 6 heteroatoms. The molecule has 4 rings (SSSR count). The molecule has 0 saturated carbocycles. The Labute approximate surface area is 160 Å². The Balaban J connectivity index is 1.81. The number of allylic oxidation sites excluding steroid dienone is 2. The maximum Gasteiger partial charge on any atom is 0.174 e. The van der Waals surface area contributed by atoms with Crippen molar-refractivity contribution in [2.75, 3.05) is 20.8 Å². The average molecular weight is 416 g/mol. The number of hydrogen-bond acceptors (Lipinski definition) is 5. The van der Waals surface area contributed by atoms with Crippen molar-refractivity contribution in [3.05, 3.63) is 69.5 Å². The number of para-hydroxylation sites is 1. The summed E-state index contributed by atoms with van der Waals surface area (Å²) in [4.78, 5) is 0. The molecule has 2 heterocycles. The number of hydroxylamine groups is 2. The normalized spacial score (nSPS) is 15.7. The summed E-state index contributed by atoms with van der Waals surface area (Å²) >= 11 is 3.54. The van der Waals surface area contributed by atoms with Crippen LogP contribution in [0.1, 0.15) is 11.1 Å². The topological polar surface area (TPSA) is 51.2 Å². The van der Waals surface area contributed by atoms with Gasteiger partial charge in [-0.25, -0.2) is 0 Å². The van der Waals surface area contributed by atoms with E-state index >= 15 is 0 Å². The molecule has 2 aromatic carbocycles. The highest BCUT2D eigenvalue weighted by Gasteiger charge is 2.28. The van der Waals surface area contributed by atoms with Gasteiger partial charge in [-0.3, -0.25) is 10.3 Å². The van der Waals surface area contributed by atoms with Crippen LogP contribution in [-0.2, 0) is 6.42 Å². The fourth-order valence-corrected chi connectivity index (χ4v) is 3.95. The monoisotopic (exact) mass is 415 g/mol. The second kappa shape index (κ2) is 6.70. The zero-order valence-corrected chi connectivity index (χ0v) is 16.0. The van der Waals surface area contributed by atoms with E-state index in [0.717, 1.165) is 49.7 Å². The lowest BCUT2D eigenvalue weighted by Gasteiger charge is -2.31. The van der Waals surface area contributed by atoms with Crippen LogP contribution in [0.4, 0.5) is 0 Å². The van der Waals surface area contributed by atoms with Gasteiger partial charge in [-0.2, -0.15) is 0 Å². The summed E-state index contributed by atoms with van der Waals surface area (Å²) in [5.41, 5.74) is 3.99. The third-order valence-corrected chi connectivity index (χ3v) is 5.15. The largest absolute Gasteiger partial charge is 0.493 e. The first-order valence-electron chi connectivity index (χ1n) is 8.18. The highest BCUT2D eigenvalue weighted by molar-refractivity contribution is 9.10. The molecule has 0 aliphatic carbocycles. The van der Waals surface area contributed by atoms with Crippen molar-refractivity contribution in [1.29, 1.82) is 0 Å². The molecular weight excluding hydrogens is 398 g/mol. The molecule has 134 valence electrons. The minimum atomic E-state index is 0.321. The summed E-state index contributed by atoms with van der Waals surface area (Å²) in [6.07, 6.45) is 2.47. The molecule has 0 amide bonds. The van der Waals surface area contributed by atoms with Crippen LogP contribution in [-0.4, -0.2) is 31.0 Å². The fraction of sp³-hybridized carbons (Fsp3) is 0.200. The number of hydrogen-bond donors (Lipinski definition) is 1. The van der Waals surface area contributed by atoms with Gasteiger partial charge in [0.15, 0.2) is 11.5 Å². The Bertz CT molecular complexity index is 935. The Morgan fingerprint density at radius 2 is 1.96 bits per heavy atom. The minimum Gasteiger partial charge on any atom is -0.493 e. The standard InChI is InChI=1S/C20H18BrNO4/c1-24-18-9-13(8-16(21)20(18)25-2)15-10-22(23)11-19-14(15)7-12-5-3-4-6-17(12)26-19/h3-6,8-10,23H,7,11H2,1-2H3. The van der Waals surface area contributed by atoms with E-state index in [1.807, 2.05) is 30.3 Å². The van der Waals surface area contributed by atoms with Crippen LogP contribution in [0.2, 0.25) is 0 Å². The van der Waals surface area contributed by atoms with Gasteiger partial charge in [-0.15, -0.1) is 0 Å². The highest BCUT2D eigenvalue weighted by Crippen LogP contribution is 2.43. The summed E-state index contributed by atoms with van der Waals surface area (Å²) in [6, 6.07) is 11.8. The van der Waals surface area contributed by atoms with Crippen molar-refractivity contribution in [3.8, 4) is 17.2 Å². The van der Waals surface area contributed by atoms with Crippen LogP contribution >= 0.6 is 15.9 Å². The number of rotatable bonds is 3. The number of halogens is 1. The molecule has 0 aromatic heterocycles. The zero-order valence-electron chi connectivity index (χ0n) is 14.5. The molecule has 2 aliphatic heterocycles. The molecule has 0 saturated heterocycles. The van der Waals surface area contributed by atoms with Crippen molar-refractivity contribution in [1.82, 2.24) is 5.06 Å². The van der Waals surface area contributed by atoms with Gasteiger partial charge in [0.25, 0.3) is 0 Å². The van der Waals surface area contributed by atoms with E-state index in [-0.39, 0.29) is 0 Å². The Hall–Kier alpha value is -2.44. The third kappa shape index (κ3) is 2.85. The molecule has 2 aliphatic rings. The van der Waals surface area contributed by atoms with Crippen molar-refractivity contribution in [2.45, 2.75) is 6.42 Å². The number of ether oxygens (including phenoxy) is 3. The van der Waals surface area contributed by atoms with Crippen LogP contribution in [0, 0.1) is 0 Å². The molecule has 1 N–H and O–H groups in total. The molecular formula is C20H18BrNO4. The predicted molar refractivity (Wildman–Crippen MR) is 102 cm³/mol. The van der Waals surface area contributed by atoms with E-state index in [1.54, 1.807) is 20.4 Å². The van der Waals surface area contributed by atoms with Crippen molar-refractivity contribution in [2.24, 2.45) is 0 Å². The van der Waals surface area contributed by atoms with Gasteiger partial charge in [0.2, 0.25) is 0 Å². The number of benzene rings is 2. The van der Waals surface area contributed by atoms with E-state index < -0.39 is 0 Å². The van der Waals surface area contributed by atoms with Crippen LogP contribution in [0.15, 0.2) is 58.4 Å². The maximum atomic E-state index is 10.2. The molecule has 26 heavy (non-hydrogen) atoms. The molecule has 0 spiro atoms. The van der Waals surface area contributed by atoms with Gasteiger partial charge in [-0.1, -0.05) is 18.2 Å². The molecule has 0 bridgehead atoms. The van der Waals surface area contributed by atoms with E-state index in [0.29, 0.717) is 18.0 Å². The smallest absolute Gasteiger partial charge is 0.174 e. The molecule has 2 aromatic rings. The van der Waals surface area contributed by atoms with Gasteiger partial charge in [0, 0.05) is 23.8 Å². The highest BCUT2D eigenvalue weighted by atomic mass is 79.9. The first-order valence-corrected chi connectivity index (χ1v) is 8.97. The summed E-state index contributed by atoms with van der Waals surface area (Å²) in [7, 11) is 3.20. The van der Waals surface area contributed by atoms with Crippen molar-refractivity contribution >= 4 is 21.5 Å². The van der Waals surface area contributed by atoms with E-state index in [2.05, 4.69) is 22.0 Å². The third-order valence-electron chi connectivity index (χ3n) is 4.56. The Morgan fingerprint density at radius 3 is 2.73 bits per heavy atom. The van der Waals surface area contributed by atoms with Gasteiger partial charge in [-0.05, 0) is 45.3 Å². The van der Waals surface area contributed by atoms with Gasteiger partial charge >= 0.3 is 0 Å². The van der Waals surface area contributed by atoms with E-state index in [9.17, 15) is 5.21 Å². The number of fused-ring (bicyclic) bond motifs is 1. The average Bonchev–Trinajstić information content (AvgIpc) is 2.65. The lowest BCUT2D eigenvalue weighted by Crippen LogP contribution is -2.27. The SMILES string of the molecule is COc1cc(C2=CN(O)CC3=C2Cc2ccccc2O3)cc(Br)c1OC. The lowest BCUT2D eigenvalue weighted by atomic mass is 9.89. The van der Waals surface area contributed by atoms with Crippen molar-refractivity contribution < 1.29 is 19.4 Å². The fourth-order valence-electron chi connectivity index (χ4n) is 3.35. The molecule has 0 unspecified atom stereocenters. The first-order chi connectivity index (χ1) is 12.6. The van der Waals surface area contributed by atoms with Crippen molar-refractivity contribution in [3.63, 3.8) is 0 Å². The molecule has 0 atom stereocenters. The molecule has 0 radical (unpaired) electrons. The van der Waals surface area contributed by atoms with E-state index in [4.69, 9.17) is 14.2 Å². The minimum absolute atomic E-state index is 0.321. The quantitative estimate of drug-likeness (QED) is 0.804. The van der Waals surface area contributed by atoms with Crippen LogP contribution in [0.5, 0.6) is 17.2 Å². The number of nitrogens with zero attached hydrogens (tertiary/aromatic N) is 1. The van der Waals surface area contributed by atoms with Crippen LogP contribution < -0.4 is 14.2 Å². The first kappa shape index (κ1) is 17.0. The maximum absolute atomic E-state index is 10.2. The summed E-state index contributed by atoms with van der Waals surface area (Å²) in [5, 5.41) is 11.3. The summed E-state index contributed by atoms with van der Waals surface area (Å²) in [6.45, 7) is 0.321.